The molecule has 84 valence electrons. The first kappa shape index (κ1) is 12.0. The van der Waals surface area contributed by atoms with Crippen LogP contribution in [0, 0.1) is 0 Å². The fourth-order valence-corrected chi connectivity index (χ4v) is 2.04. The van der Waals surface area contributed by atoms with Gasteiger partial charge in [-0.25, -0.2) is 0 Å². The summed E-state index contributed by atoms with van der Waals surface area (Å²) in [7, 11) is 0. The van der Waals surface area contributed by atoms with Crippen LogP contribution in [0.5, 0.6) is 0 Å². The minimum Gasteiger partial charge on any atom is -0.390 e. The lowest BCUT2D eigenvalue weighted by atomic mass is 9.99. The molecule has 1 fully saturated rings. The van der Waals surface area contributed by atoms with Crippen molar-refractivity contribution in [2.24, 2.45) is 5.73 Å². The SMILES string of the molecule is CC(C)(O)CCN1CCCCC1CN. The number of hydrogen-bond acceptors (Lipinski definition) is 3. The Morgan fingerprint density at radius 3 is 2.71 bits per heavy atom. The van der Waals surface area contributed by atoms with Crippen molar-refractivity contribution in [3.63, 3.8) is 0 Å². The van der Waals surface area contributed by atoms with E-state index in [2.05, 4.69) is 4.90 Å². The Labute approximate surface area is 87.3 Å². The molecule has 1 aliphatic heterocycles. The average molecular weight is 200 g/mol. The van der Waals surface area contributed by atoms with Crippen LogP contribution in [0.2, 0.25) is 0 Å². The molecule has 1 rings (SSSR count). The number of piperidine rings is 1. The summed E-state index contributed by atoms with van der Waals surface area (Å²) in [6, 6.07) is 0.547. The molecular formula is C11H24N2O. The summed E-state index contributed by atoms with van der Waals surface area (Å²) in [4.78, 5) is 2.43. The maximum absolute atomic E-state index is 9.65. The molecule has 0 aromatic rings. The summed E-state index contributed by atoms with van der Waals surface area (Å²) in [6.45, 7) is 6.62. The molecule has 1 saturated heterocycles. The molecule has 3 heteroatoms. The molecule has 1 heterocycles. The molecule has 1 atom stereocenters. The molecule has 1 aliphatic rings. The standard InChI is InChI=1S/C11H24N2O/c1-11(2,14)6-8-13-7-4-3-5-10(13)9-12/h10,14H,3-9,12H2,1-2H3. The Hall–Kier alpha value is -0.120. The molecule has 0 radical (unpaired) electrons. The van der Waals surface area contributed by atoms with E-state index in [4.69, 9.17) is 5.73 Å². The molecule has 0 spiro atoms. The van der Waals surface area contributed by atoms with E-state index < -0.39 is 5.60 Å². The van der Waals surface area contributed by atoms with Crippen molar-refractivity contribution in [2.45, 2.75) is 51.2 Å². The maximum atomic E-state index is 9.65. The Balaban J connectivity index is 2.33. The van der Waals surface area contributed by atoms with Crippen LogP contribution in [-0.4, -0.2) is 41.3 Å². The van der Waals surface area contributed by atoms with E-state index in [9.17, 15) is 5.11 Å². The predicted octanol–water partition coefficient (Wildman–Crippen LogP) is 0.961. The van der Waals surface area contributed by atoms with Gasteiger partial charge < -0.3 is 10.8 Å². The van der Waals surface area contributed by atoms with E-state index in [-0.39, 0.29) is 0 Å². The summed E-state index contributed by atoms with van der Waals surface area (Å²) < 4.78 is 0. The average Bonchev–Trinajstić information content (AvgIpc) is 2.14. The van der Waals surface area contributed by atoms with E-state index in [1.54, 1.807) is 0 Å². The molecule has 0 bridgehead atoms. The second kappa shape index (κ2) is 5.10. The zero-order valence-corrected chi connectivity index (χ0v) is 9.50. The highest BCUT2D eigenvalue weighted by Gasteiger charge is 2.22. The fourth-order valence-electron chi connectivity index (χ4n) is 2.04. The monoisotopic (exact) mass is 200 g/mol. The highest BCUT2D eigenvalue weighted by molar-refractivity contribution is 4.79. The van der Waals surface area contributed by atoms with Crippen LogP contribution in [0.3, 0.4) is 0 Å². The van der Waals surface area contributed by atoms with E-state index >= 15 is 0 Å². The molecule has 3 nitrogen and oxygen atoms in total. The van der Waals surface area contributed by atoms with Gasteiger partial charge >= 0.3 is 0 Å². The van der Waals surface area contributed by atoms with Crippen LogP contribution in [-0.2, 0) is 0 Å². The summed E-state index contributed by atoms with van der Waals surface area (Å²) >= 11 is 0. The Bertz CT molecular complexity index is 165. The minimum absolute atomic E-state index is 0.545. The van der Waals surface area contributed by atoms with Crippen molar-refractivity contribution < 1.29 is 5.11 Å². The Kier molecular flexibility index (Phi) is 4.35. The van der Waals surface area contributed by atoms with Crippen LogP contribution >= 0.6 is 0 Å². The van der Waals surface area contributed by atoms with E-state index in [1.807, 2.05) is 13.8 Å². The Morgan fingerprint density at radius 1 is 1.43 bits per heavy atom. The predicted molar refractivity (Wildman–Crippen MR) is 59.2 cm³/mol. The number of rotatable bonds is 4. The van der Waals surface area contributed by atoms with E-state index in [0.29, 0.717) is 6.04 Å². The summed E-state index contributed by atoms with van der Waals surface area (Å²) in [5, 5.41) is 9.65. The van der Waals surface area contributed by atoms with Crippen LogP contribution < -0.4 is 5.73 Å². The lowest BCUT2D eigenvalue weighted by molar-refractivity contribution is 0.0453. The van der Waals surface area contributed by atoms with Crippen LogP contribution in [0.4, 0.5) is 0 Å². The van der Waals surface area contributed by atoms with Crippen LogP contribution in [0.1, 0.15) is 39.5 Å². The number of aliphatic hydroxyl groups is 1. The normalized spacial score (nSPS) is 25.3. The van der Waals surface area contributed by atoms with Gasteiger partial charge in [-0.05, 0) is 39.7 Å². The van der Waals surface area contributed by atoms with Gasteiger partial charge in [0, 0.05) is 19.1 Å². The molecule has 0 aromatic carbocycles. The minimum atomic E-state index is -0.545. The lowest BCUT2D eigenvalue weighted by Crippen LogP contribution is -2.45. The fraction of sp³-hybridized carbons (Fsp3) is 1.00. The maximum Gasteiger partial charge on any atom is 0.0603 e. The van der Waals surface area contributed by atoms with Crippen LogP contribution in [0.25, 0.3) is 0 Å². The summed E-state index contributed by atoms with van der Waals surface area (Å²) in [6.07, 6.45) is 4.65. The number of likely N-dealkylation sites (tertiary alicyclic amines) is 1. The van der Waals surface area contributed by atoms with Gasteiger partial charge in [-0.1, -0.05) is 6.42 Å². The lowest BCUT2D eigenvalue weighted by Gasteiger charge is -2.36. The Morgan fingerprint density at radius 2 is 2.14 bits per heavy atom. The molecule has 0 saturated carbocycles. The molecule has 3 N–H and O–H groups in total. The van der Waals surface area contributed by atoms with Crippen molar-refractivity contribution in [2.75, 3.05) is 19.6 Å². The van der Waals surface area contributed by atoms with Crippen LogP contribution in [0.15, 0.2) is 0 Å². The molecular weight excluding hydrogens is 176 g/mol. The largest absolute Gasteiger partial charge is 0.390 e. The molecule has 1 unspecified atom stereocenters. The van der Waals surface area contributed by atoms with Gasteiger partial charge in [-0.15, -0.1) is 0 Å². The quantitative estimate of drug-likeness (QED) is 0.710. The topological polar surface area (TPSA) is 49.5 Å². The first-order chi connectivity index (χ1) is 6.53. The summed E-state index contributed by atoms with van der Waals surface area (Å²) in [5.74, 6) is 0. The molecule has 0 aliphatic carbocycles. The highest BCUT2D eigenvalue weighted by atomic mass is 16.3. The second-order valence-corrected chi connectivity index (χ2v) is 4.98. The van der Waals surface area contributed by atoms with Crippen molar-refractivity contribution in [1.29, 1.82) is 0 Å². The van der Waals surface area contributed by atoms with E-state index in [0.717, 1.165) is 26.1 Å². The van der Waals surface area contributed by atoms with Gasteiger partial charge in [-0.2, -0.15) is 0 Å². The van der Waals surface area contributed by atoms with Gasteiger partial charge in [0.15, 0.2) is 0 Å². The van der Waals surface area contributed by atoms with Gasteiger partial charge in [0.1, 0.15) is 0 Å². The van der Waals surface area contributed by atoms with Crippen molar-refractivity contribution >= 4 is 0 Å². The number of nitrogens with zero attached hydrogens (tertiary/aromatic N) is 1. The zero-order chi connectivity index (χ0) is 10.6. The first-order valence-corrected chi connectivity index (χ1v) is 5.69. The second-order valence-electron chi connectivity index (χ2n) is 4.98. The van der Waals surface area contributed by atoms with Crippen molar-refractivity contribution in [3.8, 4) is 0 Å². The molecule has 14 heavy (non-hydrogen) atoms. The third kappa shape index (κ3) is 3.95. The van der Waals surface area contributed by atoms with Gasteiger partial charge in [0.2, 0.25) is 0 Å². The van der Waals surface area contributed by atoms with Gasteiger partial charge in [-0.3, -0.25) is 4.90 Å². The number of hydrogen-bond donors (Lipinski definition) is 2. The zero-order valence-electron chi connectivity index (χ0n) is 9.50. The first-order valence-electron chi connectivity index (χ1n) is 5.69. The van der Waals surface area contributed by atoms with Gasteiger partial charge in [0.25, 0.3) is 0 Å². The van der Waals surface area contributed by atoms with Gasteiger partial charge in [0.05, 0.1) is 5.60 Å². The summed E-state index contributed by atoms with van der Waals surface area (Å²) in [5.41, 5.74) is 5.18. The van der Waals surface area contributed by atoms with E-state index in [1.165, 1.54) is 19.3 Å². The highest BCUT2D eigenvalue weighted by Crippen LogP contribution is 2.18. The smallest absolute Gasteiger partial charge is 0.0603 e. The van der Waals surface area contributed by atoms with Crippen molar-refractivity contribution in [3.05, 3.63) is 0 Å². The molecule has 0 amide bonds. The third-order valence-electron chi connectivity index (χ3n) is 3.03. The number of nitrogens with two attached hydrogens (primary N) is 1. The molecule has 0 aromatic heterocycles. The third-order valence-corrected chi connectivity index (χ3v) is 3.03. The van der Waals surface area contributed by atoms with Crippen molar-refractivity contribution in [1.82, 2.24) is 4.90 Å².